The first kappa shape index (κ1) is 14.1. The van der Waals surface area contributed by atoms with Crippen LogP contribution in [0.5, 0.6) is 0 Å². The number of carboxylic acids is 1. The van der Waals surface area contributed by atoms with E-state index in [0.717, 1.165) is 17.4 Å². The Labute approximate surface area is 117 Å². The number of benzene rings is 1. The second-order valence-corrected chi connectivity index (χ2v) is 4.62. The van der Waals surface area contributed by atoms with Crippen LogP contribution in [0, 0.1) is 0 Å². The number of carbonyl (C=O) groups is 2. The van der Waals surface area contributed by atoms with Crippen molar-refractivity contribution in [3.63, 3.8) is 0 Å². The van der Waals surface area contributed by atoms with E-state index in [1.165, 1.54) is 0 Å². The van der Waals surface area contributed by atoms with Crippen molar-refractivity contribution in [3.8, 4) is 0 Å². The Morgan fingerprint density at radius 1 is 1.30 bits per heavy atom. The van der Waals surface area contributed by atoms with Gasteiger partial charge in [-0.1, -0.05) is 25.1 Å². The highest BCUT2D eigenvalue weighted by Crippen LogP contribution is 2.21. The van der Waals surface area contributed by atoms with Gasteiger partial charge in [0, 0.05) is 23.6 Å². The number of fused-ring (bicyclic) bond motifs is 1. The van der Waals surface area contributed by atoms with Crippen LogP contribution in [0.15, 0.2) is 30.5 Å². The van der Waals surface area contributed by atoms with Crippen molar-refractivity contribution in [2.75, 3.05) is 0 Å². The molecule has 0 saturated carbocycles. The van der Waals surface area contributed by atoms with Crippen molar-refractivity contribution >= 4 is 22.8 Å². The first-order chi connectivity index (χ1) is 9.58. The molecule has 1 aromatic heterocycles. The Balaban J connectivity index is 2.37. The van der Waals surface area contributed by atoms with Gasteiger partial charge in [-0.05, 0) is 19.4 Å². The molecule has 1 unspecified atom stereocenters. The van der Waals surface area contributed by atoms with E-state index in [9.17, 15) is 9.59 Å². The molecule has 0 radical (unpaired) electrons. The summed E-state index contributed by atoms with van der Waals surface area (Å²) in [5.74, 6) is -1.36. The molecule has 0 aliphatic carbocycles. The van der Waals surface area contributed by atoms with Gasteiger partial charge in [0.25, 0.3) is 5.91 Å². The lowest BCUT2D eigenvalue weighted by Gasteiger charge is -2.11. The highest BCUT2D eigenvalue weighted by atomic mass is 16.4. The third kappa shape index (κ3) is 2.52. The smallest absolute Gasteiger partial charge is 0.326 e. The molecule has 20 heavy (non-hydrogen) atoms. The lowest BCUT2D eigenvalue weighted by molar-refractivity contribution is -0.139. The van der Waals surface area contributed by atoms with Crippen LogP contribution < -0.4 is 5.32 Å². The van der Waals surface area contributed by atoms with Crippen LogP contribution in [0.3, 0.4) is 0 Å². The molecule has 0 aliphatic heterocycles. The number of para-hydroxylation sites is 1. The van der Waals surface area contributed by atoms with Crippen molar-refractivity contribution in [1.82, 2.24) is 9.88 Å². The average molecular weight is 274 g/mol. The van der Waals surface area contributed by atoms with Gasteiger partial charge in [-0.15, -0.1) is 0 Å². The zero-order valence-electron chi connectivity index (χ0n) is 11.6. The van der Waals surface area contributed by atoms with E-state index in [0.29, 0.717) is 12.0 Å². The van der Waals surface area contributed by atoms with Gasteiger partial charge in [0.2, 0.25) is 0 Å². The predicted octanol–water partition coefficient (Wildman–Crippen LogP) is 2.25. The Bertz CT molecular complexity index is 646. The van der Waals surface area contributed by atoms with E-state index in [-0.39, 0.29) is 5.91 Å². The van der Waals surface area contributed by atoms with Gasteiger partial charge in [-0.25, -0.2) is 4.79 Å². The van der Waals surface area contributed by atoms with Crippen LogP contribution in [0.4, 0.5) is 0 Å². The molecular formula is C15H18N2O3. The molecular weight excluding hydrogens is 256 g/mol. The Hall–Kier alpha value is -2.30. The summed E-state index contributed by atoms with van der Waals surface area (Å²) in [6.45, 7) is 4.48. The maximum Gasteiger partial charge on any atom is 0.326 e. The van der Waals surface area contributed by atoms with Crippen LogP contribution in [0.1, 0.15) is 30.6 Å². The molecule has 1 atom stereocenters. The molecule has 0 saturated heterocycles. The molecule has 2 N–H and O–H groups in total. The summed E-state index contributed by atoms with van der Waals surface area (Å²) in [7, 11) is 0. The summed E-state index contributed by atoms with van der Waals surface area (Å²) in [6.07, 6.45) is 2.13. The Kier molecular flexibility index (Phi) is 4.08. The van der Waals surface area contributed by atoms with Crippen LogP contribution in [0.2, 0.25) is 0 Å². The van der Waals surface area contributed by atoms with Crippen molar-refractivity contribution in [2.45, 2.75) is 32.9 Å². The first-order valence-corrected chi connectivity index (χ1v) is 6.70. The minimum atomic E-state index is -1.01. The highest BCUT2D eigenvalue weighted by Gasteiger charge is 2.21. The molecule has 0 bridgehead atoms. The summed E-state index contributed by atoms with van der Waals surface area (Å²) < 4.78 is 1.98. The summed E-state index contributed by atoms with van der Waals surface area (Å²) in [5, 5.41) is 12.4. The van der Waals surface area contributed by atoms with Crippen molar-refractivity contribution in [1.29, 1.82) is 0 Å². The van der Waals surface area contributed by atoms with Gasteiger partial charge in [0.05, 0.1) is 5.56 Å². The third-order valence-corrected chi connectivity index (χ3v) is 3.39. The molecule has 0 fully saturated rings. The minimum absolute atomic E-state index is 0.345. The first-order valence-electron chi connectivity index (χ1n) is 6.70. The Morgan fingerprint density at radius 2 is 2.00 bits per heavy atom. The van der Waals surface area contributed by atoms with E-state index in [1.807, 2.05) is 35.8 Å². The summed E-state index contributed by atoms with van der Waals surface area (Å²) in [5.41, 5.74) is 1.49. The third-order valence-electron chi connectivity index (χ3n) is 3.39. The number of amides is 1. The molecule has 2 rings (SSSR count). The van der Waals surface area contributed by atoms with Crippen LogP contribution in [-0.4, -0.2) is 27.6 Å². The molecule has 1 amide bonds. The predicted molar refractivity (Wildman–Crippen MR) is 76.8 cm³/mol. The Morgan fingerprint density at radius 3 is 2.60 bits per heavy atom. The zero-order chi connectivity index (χ0) is 14.7. The number of aryl methyl sites for hydroxylation is 1. The largest absolute Gasteiger partial charge is 0.480 e. The van der Waals surface area contributed by atoms with E-state index >= 15 is 0 Å². The molecule has 5 nitrogen and oxygen atoms in total. The molecule has 2 aromatic rings. The zero-order valence-corrected chi connectivity index (χ0v) is 11.6. The van der Waals surface area contributed by atoms with Gasteiger partial charge in [0.15, 0.2) is 0 Å². The highest BCUT2D eigenvalue weighted by molar-refractivity contribution is 6.07. The monoisotopic (exact) mass is 274 g/mol. The topological polar surface area (TPSA) is 71.3 Å². The molecule has 1 heterocycles. The van der Waals surface area contributed by atoms with Gasteiger partial charge >= 0.3 is 5.97 Å². The second-order valence-electron chi connectivity index (χ2n) is 4.62. The fourth-order valence-corrected chi connectivity index (χ4v) is 2.26. The van der Waals surface area contributed by atoms with E-state index in [1.54, 1.807) is 13.1 Å². The molecule has 1 aromatic carbocycles. The normalized spacial score (nSPS) is 12.3. The fraction of sp³-hybridized carbons (Fsp3) is 0.333. The van der Waals surface area contributed by atoms with Gasteiger partial charge < -0.3 is 15.0 Å². The van der Waals surface area contributed by atoms with Crippen LogP contribution in [-0.2, 0) is 11.3 Å². The number of nitrogens with zero attached hydrogens (tertiary/aromatic N) is 1. The average Bonchev–Trinajstić information content (AvgIpc) is 2.83. The number of nitrogens with one attached hydrogen (secondary N) is 1. The van der Waals surface area contributed by atoms with Crippen molar-refractivity contribution in [3.05, 3.63) is 36.0 Å². The minimum Gasteiger partial charge on any atom is -0.480 e. The number of carboxylic acid groups (broad SMARTS) is 1. The van der Waals surface area contributed by atoms with Crippen molar-refractivity contribution < 1.29 is 14.7 Å². The van der Waals surface area contributed by atoms with Crippen molar-refractivity contribution in [2.24, 2.45) is 0 Å². The summed E-state index contributed by atoms with van der Waals surface area (Å²) in [6, 6.07) is 6.75. The number of aromatic nitrogens is 1. The second kappa shape index (κ2) is 5.77. The maximum absolute atomic E-state index is 12.3. The van der Waals surface area contributed by atoms with E-state index in [2.05, 4.69) is 5.32 Å². The number of hydrogen-bond acceptors (Lipinski definition) is 2. The standard InChI is InChI=1S/C15H18N2O3/c1-3-12(15(19)20)16-14(18)11-9-17(4-2)13-8-6-5-7-10(11)13/h5-9,12H,3-4H2,1-2H3,(H,16,18)(H,19,20). The maximum atomic E-state index is 12.3. The SMILES string of the molecule is CCC(NC(=O)c1cn(CC)c2ccccc12)C(=O)O. The number of rotatable bonds is 5. The van der Waals surface area contributed by atoms with Gasteiger partial charge in [-0.3, -0.25) is 4.79 Å². The van der Waals surface area contributed by atoms with Gasteiger partial charge in [0.1, 0.15) is 6.04 Å². The molecule has 0 aliphatic rings. The lowest BCUT2D eigenvalue weighted by atomic mass is 10.1. The number of carbonyl (C=O) groups excluding carboxylic acids is 1. The number of hydrogen-bond donors (Lipinski definition) is 2. The van der Waals surface area contributed by atoms with Crippen LogP contribution >= 0.6 is 0 Å². The van der Waals surface area contributed by atoms with E-state index < -0.39 is 12.0 Å². The molecule has 106 valence electrons. The van der Waals surface area contributed by atoms with Crippen LogP contribution in [0.25, 0.3) is 10.9 Å². The van der Waals surface area contributed by atoms with E-state index in [4.69, 9.17) is 5.11 Å². The molecule has 5 heteroatoms. The lowest BCUT2D eigenvalue weighted by Crippen LogP contribution is -2.40. The summed E-state index contributed by atoms with van der Waals surface area (Å²) in [4.78, 5) is 23.3. The fourth-order valence-electron chi connectivity index (χ4n) is 2.26. The van der Waals surface area contributed by atoms with Gasteiger partial charge in [-0.2, -0.15) is 0 Å². The summed E-state index contributed by atoms with van der Waals surface area (Å²) >= 11 is 0. The molecule has 0 spiro atoms. The quantitative estimate of drug-likeness (QED) is 0.878. The number of aliphatic carboxylic acids is 1.